The molecule has 0 spiro atoms. The smallest absolute Gasteiger partial charge is 0.163 e. The fourth-order valence-corrected chi connectivity index (χ4v) is 3.16. The third-order valence-corrected chi connectivity index (χ3v) is 4.65. The third-order valence-electron chi connectivity index (χ3n) is 4.65. The molecule has 0 unspecified atom stereocenters. The number of ether oxygens (including phenoxy) is 3. The van der Waals surface area contributed by atoms with Crippen LogP contribution in [0, 0.1) is 11.6 Å². The van der Waals surface area contributed by atoms with Crippen LogP contribution in [0.3, 0.4) is 0 Å². The van der Waals surface area contributed by atoms with Gasteiger partial charge in [0.2, 0.25) is 0 Å². The molecule has 2 heterocycles. The van der Waals surface area contributed by atoms with Crippen LogP contribution < -0.4 is 9.47 Å². The van der Waals surface area contributed by atoms with Crippen molar-refractivity contribution in [3.63, 3.8) is 0 Å². The van der Waals surface area contributed by atoms with E-state index in [4.69, 9.17) is 14.2 Å². The molecule has 3 aromatic rings. The molecular weight excluding hydrogens is 366 g/mol. The van der Waals surface area contributed by atoms with Crippen LogP contribution in [-0.2, 0) is 11.3 Å². The van der Waals surface area contributed by atoms with Gasteiger partial charge in [0.05, 0.1) is 32.6 Å². The number of hydrogen-bond acceptors (Lipinski definition) is 4. The minimum absolute atomic E-state index is 0.0191. The Bertz CT molecular complexity index is 968. The lowest BCUT2D eigenvalue weighted by molar-refractivity contribution is 0.141. The van der Waals surface area contributed by atoms with Gasteiger partial charge in [-0.2, -0.15) is 5.10 Å². The molecule has 0 N–H and O–H groups in total. The average Bonchev–Trinajstić information content (AvgIpc) is 3.37. The van der Waals surface area contributed by atoms with Crippen molar-refractivity contribution in [1.29, 1.82) is 0 Å². The molecule has 5 nitrogen and oxygen atoms in total. The Labute approximate surface area is 161 Å². The maximum absolute atomic E-state index is 13.9. The second kappa shape index (κ2) is 7.98. The van der Waals surface area contributed by atoms with Gasteiger partial charge < -0.3 is 14.2 Å². The minimum atomic E-state index is -0.866. The van der Waals surface area contributed by atoms with Crippen molar-refractivity contribution in [2.24, 2.45) is 0 Å². The predicted molar refractivity (Wildman–Crippen MR) is 99.5 cm³/mol. The highest BCUT2D eigenvalue weighted by molar-refractivity contribution is 5.68. The van der Waals surface area contributed by atoms with E-state index in [0.29, 0.717) is 30.4 Å². The maximum Gasteiger partial charge on any atom is 0.163 e. The quantitative estimate of drug-likeness (QED) is 0.641. The molecule has 1 atom stereocenters. The second-order valence-corrected chi connectivity index (χ2v) is 6.58. The van der Waals surface area contributed by atoms with E-state index in [-0.39, 0.29) is 18.2 Å². The van der Waals surface area contributed by atoms with Gasteiger partial charge in [0.1, 0.15) is 17.6 Å². The topological polar surface area (TPSA) is 45.5 Å². The lowest BCUT2D eigenvalue weighted by Crippen LogP contribution is -2.16. The molecule has 4 rings (SSSR count). The first-order valence-corrected chi connectivity index (χ1v) is 9.03. The summed E-state index contributed by atoms with van der Waals surface area (Å²) in [4.78, 5) is 0. The zero-order chi connectivity index (χ0) is 19.5. The van der Waals surface area contributed by atoms with Gasteiger partial charge in [-0.15, -0.1) is 0 Å². The Morgan fingerprint density at radius 1 is 1.21 bits per heavy atom. The number of methoxy groups -OCH3 is 1. The Morgan fingerprint density at radius 3 is 2.89 bits per heavy atom. The number of aromatic nitrogens is 2. The first kappa shape index (κ1) is 18.4. The number of halogens is 2. The summed E-state index contributed by atoms with van der Waals surface area (Å²) >= 11 is 0. The van der Waals surface area contributed by atoms with Crippen molar-refractivity contribution in [2.75, 3.05) is 20.3 Å². The van der Waals surface area contributed by atoms with Gasteiger partial charge in [0.15, 0.2) is 11.6 Å². The molecule has 0 amide bonds. The summed E-state index contributed by atoms with van der Waals surface area (Å²) in [6.45, 7) is 1.36. The lowest BCUT2D eigenvalue weighted by Gasteiger charge is -2.16. The normalized spacial score (nSPS) is 16.3. The fraction of sp³-hybridized carbons (Fsp3) is 0.286. The third kappa shape index (κ3) is 3.84. The van der Waals surface area contributed by atoms with Crippen molar-refractivity contribution in [3.8, 4) is 22.8 Å². The van der Waals surface area contributed by atoms with Gasteiger partial charge in [0, 0.05) is 29.8 Å². The molecule has 0 bridgehead atoms. The van der Waals surface area contributed by atoms with E-state index < -0.39 is 11.6 Å². The number of benzene rings is 2. The number of rotatable bonds is 6. The van der Waals surface area contributed by atoms with Gasteiger partial charge in [0.25, 0.3) is 0 Å². The van der Waals surface area contributed by atoms with E-state index in [1.54, 1.807) is 24.1 Å². The highest BCUT2D eigenvalue weighted by atomic mass is 19.2. The molecule has 0 aliphatic carbocycles. The molecule has 1 aliphatic rings. The highest BCUT2D eigenvalue weighted by Gasteiger charge is 2.20. The highest BCUT2D eigenvalue weighted by Crippen LogP contribution is 2.34. The maximum atomic E-state index is 13.9. The molecule has 28 heavy (non-hydrogen) atoms. The molecular formula is C21H20F2N2O3. The molecule has 1 fully saturated rings. The van der Waals surface area contributed by atoms with Crippen LogP contribution in [0.15, 0.2) is 48.7 Å². The van der Waals surface area contributed by atoms with Crippen LogP contribution in [0.4, 0.5) is 8.78 Å². The predicted octanol–water partition coefficient (Wildman–Crippen LogP) is 4.05. The molecule has 2 aromatic carbocycles. The van der Waals surface area contributed by atoms with Gasteiger partial charge in [-0.25, -0.2) is 8.78 Å². The van der Waals surface area contributed by atoms with Crippen molar-refractivity contribution in [2.45, 2.75) is 19.1 Å². The molecule has 1 aliphatic heterocycles. The van der Waals surface area contributed by atoms with Crippen molar-refractivity contribution in [3.05, 3.63) is 65.9 Å². The summed E-state index contributed by atoms with van der Waals surface area (Å²) in [5, 5.41) is 4.51. The molecule has 7 heteroatoms. The van der Waals surface area contributed by atoms with E-state index >= 15 is 0 Å². The van der Waals surface area contributed by atoms with Crippen LogP contribution in [0.1, 0.15) is 12.0 Å². The van der Waals surface area contributed by atoms with Crippen LogP contribution >= 0.6 is 0 Å². The largest absolute Gasteiger partial charge is 0.497 e. The molecule has 0 radical (unpaired) electrons. The first-order chi connectivity index (χ1) is 13.6. The van der Waals surface area contributed by atoms with Crippen LogP contribution in [0.2, 0.25) is 0 Å². The Balaban J connectivity index is 1.61. The van der Waals surface area contributed by atoms with E-state index in [9.17, 15) is 8.78 Å². The zero-order valence-electron chi connectivity index (χ0n) is 15.4. The zero-order valence-corrected chi connectivity index (χ0v) is 15.4. The van der Waals surface area contributed by atoms with Gasteiger partial charge >= 0.3 is 0 Å². The van der Waals surface area contributed by atoms with E-state index in [1.807, 2.05) is 24.3 Å². The standard InChI is InChI=1S/C21H20F2N2O3/c1-26-15-5-6-17(20(11-15)28-16-8-10-27-13-16)19-7-9-25(24-19)12-14-3-2-4-18(22)21(14)23/h2-7,9,11,16H,8,10,12-13H2,1H3/t16-/m1/s1. The van der Waals surface area contributed by atoms with Crippen LogP contribution in [0.5, 0.6) is 11.5 Å². The SMILES string of the molecule is COc1ccc(-c2ccn(Cc3cccc(F)c3F)n2)c(O[C@@H]2CCOC2)c1. The monoisotopic (exact) mass is 386 g/mol. The van der Waals surface area contributed by atoms with Gasteiger partial charge in [-0.3, -0.25) is 4.68 Å². The summed E-state index contributed by atoms with van der Waals surface area (Å²) < 4.78 is 45.7. The summed E-state index contributed by atoms with van der Waals surface area (Å²) in [6.07, 6.45) is 2.53. The fourth-order valence-electron chi connectivity index (χ4n) is 3.16. The first-order valence-electron chi connectivity index (χ1n) is 9.03. The summed E-state index contributed by atoms with van der Waals surface area (Å²) in [7, 11) is 1.60. The number of hydrogen-bond donors (Lipinski definition) is 0. The molecule has 1 saturated heterocycles. The van der Waals surface area contributed by atoms with E-state index in [2.05, 4.69) is 5.10 Å². The Kier molecular flexibility index (Phi) is 5.25. The molecule has 0 saturated carbocycles. The summed E-state index contributed by atoms with van der Waals surface area (Å²) in [5.74, 6) is -0.389. The van der Waals surface area contributed by atoms with Crippen molar-refractivity contribution >= 4 is 0 Å². The van der Waals surface area contributed by atoms with E-state index in [0.717, 1.165) is 18.1 Å². The molecule has 146 valence electrons. The van der Waals surface area contributed by atoms with Crippen molar-refractivity contribution < 1.29 is 23.0 Å². The lowest BCUT2D eigenvalue weighted by atomic mass is 10.1. The second-order valence-electron chi connectivity index (χ2n) is 6.58. The molecule has 1 aromatic heterocycles. The van der Waals surface area contributed by atoms with Gasteiger partial charge in [-0.1, -0.05) is 12.1 Å². The number of nitrogens with zero attached hydrogens (tertiary/aromatic N) is 2. The van der Waals surface area contributed by atoms with E-state index in [1.165, 1.54) is 6.07 Å². The Hall–Kier alpha value is -2.93. The summed E-state index contributed by atoms with van der Waals surface area (Å²) in [6, 6.07) is 11.5. The van der Waals surface area contributed by atoms with Crippen LogP contribution in [-0.4, -0.2) is 36.2 Å². The van der Waals surface area contributed by atoms with Crippen molar-refractivity contribution in [1.82, 2.24) is 9.78 Å². The minimum Gasteiger partial charge on any atom is -0.497 e. The summed E-state index contributed by atoms with van der Waals surface area (Å²) in [5.41, 5.74) is 1.71. The average molecular weight is 386 g/mol. The van der Waals surface area contributed by atoms with Gasteiger partial charge in [-0.05, 0) is 24.3 Å². The Morgan fingerprint density at radius 2 is 2.11 bits per heavy atom. The van der Waals surface area contributed by atoms with Crippen LogP contribution in [0.25, 0.3) is 11.3 Å².